The molecule has 3 aromatic rings. The Hall–Kier alpha value is -3.67. The molecule has 3 heterocycles. The number of halogens is 3. The van der Waals surface area contributed by atoms with E-state index in [1.54, 1.807) is 38.4 Å². The van der Waals surface area contributed by atoms with E-state index >= 15 is 0 Å². The number of alkyl halides is 3. The first-order valence-corrected chi connectivity index (χ1v) is 10.0. The maximum absolute atomic E-state index is 12.7. The van der Waals surface area contributed by atoms with Gasteiger partial charge in [-0.1, -0.05) is 13.8 Å². The molecule has 0 radical (unpaired) electrons. The number of nitrogens with one attached hydrogen (secondary N) is 4. The number of aromatic nitrogens is 3. The fraction of sp³-hybridized carbons (Fsp3) is 0.333. The number of carbonyl (C=O) groups excluding carboxylic acids is 2. The second-order valence-corrected chi connectivity index (χ2v) is 7.81. The van der Waals surface area contributed by atoms with Crippen LogP contribution in [-0.4, -0.2) is 46.7 Å². The van der Waals surface area contributed by atoms with Gasteiger partial charge in [-0.05, 0) is 18.1 Å². The molecule has 0 fully saturated rings. The summed E-state index contributed by atoms with van der Waals surface area (Å²) in [5.74, 6) is -1.48. The number of hydrogen-bond acceptors (Lipinski definition) is 5. The molecule has 3 amide bonds. The number of urea groups is 1. The van der Waals surface area contributed by atoms with E-state index in [1.807, 2.05) is 5.32 Å². The molecule has 1 atom stereocenters. The molecule has 0 aliphatic rings. The smallest absolute Gasteiger partial charge is 0.346 e. The standard InChI is InChI=1S/C21H24F3N7O2/c1-11(2)21(25,18(32)30-10-20(22,23)24)13-4-12(6-27-7-13)16-9-29-17-15(16)5-14(8-28-17)31-19(33)26-3/h4-9,11H,10,25H2,1-3H3,(H,28,29)(H,30,32)(H2,26,31,33)/t21-/m1/s1. The van der Waals surface area contributed by atoms with E-state index in [4.69, 9.17) is 5.73 Å². The minimum absolute atomic E-state index is 0.261. The van der Waals surface area contributed by atoms with Gasteiger partial charge in [0.1, 0.15) is 17.7 Å². The summed E-state index contributed by atoms with van der Waals surface area (Å²) in [5.41, 5.74) is 7.11. The van der Waals surface area contributed by atoms with E-state index in [2.05, 4.69) is 25.6 Å². The van der Waals surface area contributed by atoms with Gasteiger partial charge in [0.25, 0.3) is 0 Å². The van der Waals surface area contributed by atoms with Gasteiger partial charge in [-0.3, -0.25) is 9.78 Å². The Bertz CT molecular complexity index is 1180. The van der Waals surface area contributed by atoms with Gasteiger partial charge in [0, 0.05) is 47.7 Å². The topological polar surface area (TPSA) is 138 Å². The lowest BCUT2D eigenvalue weighted by Crippen LogP contribution is -2.56. The van der Waals surface area contributed by atoms with Crippen molar-refractivity contribution in [3.05, 3.63) is 42.5 Å². The molecule has 33 heavy (non-hydrogen) atoms. The predicted molar refractivity (Wildman–Crippen MR) is 117 cm³/mol. The lowest BCUT2D eigenvalue weighted by Gasteiger charge is -2.32. The van der Waals surface area contributed by atoms with Crippen LogP contribution in [0.2, 0.25) is 0 Å². The Morgan fingerprint density at radius 1 is 1.18 bits per heavy atom. The fourth-order valence-electron chi connectivity index (χ4n) is 3.37. The zero-order chi connectivity index (χ0) is 24.4. The Kier molecular flexibility index (Phi) is 6.58. The lowest BCUT2D eigenvalue weighted by molar-refractivity contribution is -0.143. The molecule has 0 saturated heterocycles. The second-order valence-electron chi connectivity index (χ2n) is 7.81. The highest BCUT2D eigenvalue weighted by atomic mass is 19.4. The maximum Gasteiger partial charge on any atom is 0.405 e. The quantitative estimate of drug-likeness (QED) is 0.383. The van der Waals surface area contributed by atoms with E-state index in [9.17, 15) is 22.8 Å². The predicted octanol–water partition coefficient (Wildman–Crippen LogP) is 2.86. The van der Waals surface area contributed by atoms with Crippen molar-refractivity contribution >= 4 is 28.7 Å². The molecule has 12 heteroatoms. The third-order valence-corrected chi connectivity index (χ3v) is 5.28. The van der Waals surface area contributed by atoms with Crippen molar-refractivity contribution in [1.29, 1.82) is 0 Å². The van der Waals surface area contributed by atoms with Crippen molar-refractivity contribution in [3.63, 3.8) is 0 Å². The van der Waals surface area contributed by atoms with Crippen LogP contribution in [0.3, 0.4) is 0 Å². The molecule has 0 aliphatic heterocycles. The fourth-order valence-corrected chi connectivity index (χ4v) is 3.37. The van der Waals surface area contributed by atoms with Crippen molar-refractivity contribution in [2.45, 2.75) is 25.6 Å². The van der Waals surface area contributed by atoms with Crippen molar-refractivity contribution in [3.8, 4) is 11.1 Å². The number of amides is 3. The number of fused-ring (bicyclic) bond motifs is 1. The maximum atomic E-state index is 12.7. The zero-order valence-electron chi connectivity index (χ0n) is 18.2. The van der Waals surface area contributed by atoms with Gasteiger partial charge in [0.15, 0.2) is 0 Å². The van der Waals surface area contributed by atoms with E-state index < -0.39 is 36.1 Å². The summed E-state index contributed by atoms with van der Waals surface area (Å²) in [5, 5.41) is 7.63. The third-order valence-electron chi connectivity index (χ3n) is 5.28. The minimum Gasteiger partial charge on any atom is -0.346 e. The van der Waals surface area contributed by atoms with Crippen LogP contribution in [0.1, 0.15) is 19.4 Å². The number of pyridine rings is 2. The largest absolute Gasteiger partial charge is 0.405 e. The van der Waals surface area contributed by atoms with E-state index in [0.29, 0.717) is 27.8 Å². The first-order chi connectivity index (χ1) is 15.5. The first-order valence-electron chi connectivity index (χ1n) is 10.0. The lowest BCUT2D eigenvalue weighted by atomic mass is 9.80. The SMILES string of the molecule is CNC(=O)Nc1cnc2[nH]cc(-c3cncc([C@@](N)(C(=O)NCC(F)(F)F)C(C)C)c3)c2c1. The number of rotatable bonds is 6. The van der Waals surface area contributed by atoms with Gasteiger partial charge >= 0.3 is 12.2 Å². The summed E-state index contributed by atoms with van der Waals surface area (Å²) >= 11 is 0. The molecule has 0 unspecified atom stereocenters. The molecular weight excluding hydrogens is 439 g/mol. The van der Waals surface area contributed by atoms with Crippen LogP contribution in [0.15, 0.2) is 36.9 Å². The molecule has 0 spiro atoms. The molecule has 3 aromatic heterocycles. The summed E-state index contributed by atoms with van der Waals surface area (Å²) in [4.78, 5) is 35.8. The summed E-state index contributed by atoms with van der Waals surface area (Å²) in [7, 11) is 1.48. The average molecular weight is 463 g/mol. The summed E-state index contributed by atoms with van der Waals surface area (Å²) in [6, 6.07) is 2.91. The van der Waals surface area contributed by atoms with Crippen molar-refractivity contribution in [2.24, 2.45) is 11.7 Å². The van der Waals surface area contributed by atoms with Gasteiger partial charge in [-0.15, -0.1) is 0 Å². The number of H-pyrrole nitrogens is 1. The third kappa shape index (κ3) is 5.06. The van der Waals surface area contributed by atoms with Gasteiger partial charge < -0.3 is 26.7 Å². The van der Waals surface area contributed by atoms with Crippen molar-refractivity contribution in [2.75, 3.05) is 18.9 Å². The van der Waals surface area contributed by atoms with Crippen LogP contribution in [-0.2, 0) is 10.3 Å². The molecule has 0 bridgehead atoms. The molecule has 9 nitrogen and oxygen atoms in total. The molecule has 6 N–H and O–H groups in total. The summed E-state index contributed by atoms with van der Waals surface area (Å²) < 4.78 is 37.9. The van der Waals surface area contributed by atoms with E-state index in [1.165, 1.54) is 19.4 Å². The monoisotopic (exact) mass is 463 g/mol. The highest BCUT2D eigenvalue weighted by Gasteiger charge is 2.41. The van der Waals surface area contributed by atoms with E-state index in [-0.39, 0.29) is 5.56 Å². The van der Waals surface area contributed by atoms with Crippen LogP contribution < -0.4 is 21.7 Å². The first kappa shape index (κ1) is 24.0. The Balaban J connectivity index is 2.01. The van der Waals surface area contributed by atoms with Gasteiger partial charge in [-0.25, -0.2) is 9.78 Å². The Morgan fingerprint density at radius 2 is 1.91 bits per heavy atom. The highest BCUT2D eigenvalue weighted by molar-refractivity contribution is 5.98. The minimum atomic E-state index is -4.56. The second kappa shape index (κ2) is 9.06. The number of nitrogens with two attached hydrogens (primary N) is 1. The molecular formula is C21H24F3N7O2. The van der Waals surface area contributed by atoms with Crippen molar-refractivity contribution < 1.29 is 22.8 Å². The normalized spacial score (nSPS) is 13.6. The van der Waals surface area contributed by atoms with Gasteiger partial charge in [0.05, 0.1) is 11.9 Å². The van der Waals surface area contributed by atoms with Gasteiger partial charge in [-0.2, -0.15) is 13.2 Å². The molecule has 0 saturated carbocycles. The Morgan fingerprint density at radius 3 is 2.55 bits per heavy atom. The number of aromatic amines is 1. The van der Waals surface area contributed by atoms with Crippen LogP contribution in [0, 0.1) is 5.92 Å². The average Bonchev–Trinajstić information content (AvgIpc) is 3.19. The highest BCUT2D eigenvalue weighted by Crippen LogP contribution is 2.33. The molecule has 176 valence electrons. The van der Waals surface area contributed by atoms with Crippen molar-refractivity contribution in [1.82, 2.24) is 25.6 Å². The number of hydrogen-bond donors (Lipinski definition) is 5. The zero-order valence-corrected chi connectivity index (χ0v) is 18.2. The van der Waals surface area contributed by atoms with Crippen LogP contribution in [0.25, 0.3) is 22.2 Å². The van der Waals surface area contributed by atoms with Crippen LogP contribution >= 0.6 is 0 Å². The van der Waals surface area contributed by atoms with Crippen LogP contribution in [0.5, 0.6) is 0 Å². The number of anilines is 1. The molecule has 0 aliphatic carbocycles. The molecule has 0 aromatic carbocycles. The molecule has 3 rings (SSSR count). The van der Waals surface area contributed by atoms with E-state index in [0.717, 1.165) is 0 Å². The summed E-state index contributed by atoms with van der Waals surface area (Å²) in [6.07, 6.45) is 1.51. The number of carbonyl (C=O) groups is 2. The summed E-state index contributed by atoms with van der Waals surface area (Å²) in [6.45, 7) is 1.80. The Labute approximate surface area is 187 Å². The van der Waals surface area contributed by atoms with Gasteiger partial charge in [0.2, 0.25) is 5.91 Å². The van der Waals surface area contributed by atoms with Crippen LogP contribution in [0.4, 0.5) is 23.7 Å². The number of nitrogens with zero attached hydrogens (tertiary/aromatic N) is 2.